The fourth-order valence-corrected chi connectivity index (χ4v) is 2.17. The molecule has 0 bridgehead atoms. The number of thiophene rings is 1. The van der Waals surface area contributed by atoms with E-state index in [1.54, 1.807) is 6.92 Å². The first kappa shape index (κ1) is 12.9. The summed E-state index contributed by atoms with van der Waals surface area (Å²) in [5.74, 6) is -0.111. The molecule has 1 rings (SSSR count). The molecule has 0 N–H and O–H groups in total. The topological polar surface area (TPSA) is 43.4 Å². The normalized spacial score (nSPS) is 10.1. The van der Waals surface area contributed by atoms with Crippen molar-refractivity contribution in [1.82, 2.24) is 0 Å². The summed E-state index contributed by atoms with van der Waals surface area (Å²) in [6, 6.07) is 3.77. The van der Waals surface area contributed by atoms with Gasteiger partial charge in [-0.05, 0) is 32.4 Å². The molecule has 0 fully saturated rings. The maximum atomic E-state index is 11.7. The number of ether oxygens (including phenoxy) is 1. The van der Waals surface area contributed by atoms with Gasteiger partial charge in [0.1, 0.15) is 0 Å². The van der Waals surface area contributed by atoms with E-state index in [0.29, 0.717) is 25.9 Å². The van der Waals surface area contributed by atoms with Crippen LogP contribution in [0.2, 0.25) is 0 Å². The van der Waals surface area contributed by atoms with Gasteiger partial charge in [-0.1, -0.05) is 0 Å². The summed E-state index contributed by atoms with van der Waals surface area (Å²) in [6.07, 6.45) is 1.30. The summed E-state index contributed by atoms with van der Waals surface area (Å²) in [5.41, 5.74) is 0. The molecule has 0 saturated heterocycles. The summed E-state index contributed by atoms with van der Waals surface area (Å²) in [6.45, 7) is 4.15. The Kier molecular flexibility index (Phi) is 5.19. The lowest BCUT2D eigenvalue weighted by atomic mass is 10.1. The van der Waals surface area contributed by atoms with Crippen LogP contribution in [0.15, 0.2) is 12.1 Å². The van der Waals surface area contributed by atoms with Crippen molar-refractivity contribution in [3.8, 4) is 0 Å². The van der Waals surface area contributed by atoms with Crippen LogP contribution >= 0.6 is 11.3 Å². The predicted octanol–water partition coefficient (Wildman–Crippen LogP) is 2.97. The standard InChI is InChI=1S/C12H16O3S/c1-3-15-12(14)6-4-5-10(13)11-8-7-9(2)16-11/h7-8H,3-6H2,1-2H3. The highest BCUT2D eigenvalue weighted by Gasteiger charge is 2.09. The van der Waals surface area contributed by atoms with Crippen molar-refractivity contribution in [3.05, 3.63) is 21.9 Å². The molecule has 1 heterocycles. The Labute approximate surface area is 99.4 Å². The van der Waals surface area contributed by atoms with E-state index in [1.165, 1.54) is 11.3 Å². The van der Waals surface area contributed by atoms with Gasteiger partial charge in [-0.3, -0.25) is 9.59 Å². The third-order valence-corrected chi connectivity index (χ3v) is 3.15. The fraction of sp³-hybridized carbons (Fsp3) is 0.500. The minimum absolute atomic E-state index is 0.113. The quantitative estimate of drug-likeness (QED) is 0.567. The van der Waals surface area contributed by atoms with E-state index in [9.17, 15) is 9.59 Å². The number of ketones is 1. The van der Waals surface area contributed by atoms with Gasteiger partial charge in [0, 0.05) is 17.7 Å². The largest absolute Gasteiger partial charge is 0.466 e. The van der Waals surface area contributed by atoms with Crippen LogP contribution in [-0.2, 0) is 9.53 Å². The lowest BCUT2D eigenvalue weighted by Gasteiger charge is -2.00. The van der Waals surface area contributed by atoms with Crippen molar-refractivity contribution < 1.29 is 14.3 Å². The molecule has 0 radical (unpaired) electrons. The first-order valence-corrected chi connectivity index (χ1v) is 6.20. The number of rotatable bonds is 6. The Balaban J connectivity index is 2.28. The molecule has 1 aromatic rings. The molecule has 0 aliphatic carbocycles. The van der Waals surface area contributed by atoms with Crippen molar-refractivity contribution >= 4 is 23.1 Å². The van der Waals surface area contributed by atoms with E-state index in [2.05, 4.69) is 0 Å². The highest BCUT2D eigenvalue weighted by Crippen LogP contribution is 2.17. The van der Waals surface area contributed by atoms with Crippen LogP contribution in [0.25, 0.3) is 0 Å². The van der Waals surface area contributed by atoms with Crippen LogP contribution in [0, 0.1) is 6.92 Å². The van der Waals surface area contributed by atoms with Gasteiger partial charge in [-0.25, -0.2) is 0 Å². The van der Waals surface area contributed by atoms with Crippen LogP contribution in [0.5, 0.6) is 0 Å². The Hall–Kier alpha value is -1.16. The summed E-state index contributed by atoms with van der Waals surface area (Å²) < 4.78 is 4.79. The molecule has 0 aromatic carbocycles. The molecule has 0 atom stereocenters. The molecule has 0 aliphatic heterocycles. The highest BCUT2D eigenvalue weighted by molar-refractivity contribution is 7.14. The fourth-order valence-electron chi connectivity index (χ4n) is 1.33. The second-order valence-corrected chi connectivity index (χ2v) is 4.78. The molecule has 0 unspecified atom stereocenters. The SMILES string of the molecule is CCOC(=O)CCCC(=O)c1ccc(C)s1. The number of carbonyl (C=O) groups excluding carboxylic acids is 2. The second-order valence-electron chi connectivity index (χ2n) is 3.49. The van der Waals surface area contributed by atoms with Gasteiger partial charge in [-0.15, -0.1) is 11.3 Å². The van der Waals surface area contributed by atoms with Gasteiger partial charge in [0.05, 0.1) is 11.5 Å². The Morgan fingerprint density at radius 1 is 1.31 bits per heavy atom. The molecule has 0 aliphatic rings. The smallest absolute Gasteiger partial charge is 0.305 e. The van der Waals surface area contributed by atoms with Gasteiger partial charge in [0.15, 0.2) is 5.78 Å². The van der Waals surface area contributed by atoms with Crippen LogP contribution in [0.3, 0.4) is 0 Å². The van der Waals surface area contributed by atoms with Gasteiger partial charge >= 0.3 is 5.97 Å². The van der Waals surface area contributed by atoms with E-state index in [0.717, 1.165) is 9.75 Å². The molecular formula is C12H16O3S. The zero-order valence-electron chi connectivity index (χ0n) is 9.62. The lowest BCUT2D eigenvalue weighted by molar-refractivity contribution is -0.143. The maximum Gasteiger partial charge on any atom is 0.305 e. The number of esters is 1. The third kappa shape index (κ3) is 4.14. The first-order chi connectivity index (χ1) is 7.63. The molecule has 0 saturated carbocycles. The van der Waals surface area contributed by atoms with Gasteiger partial charge in [0.25, 0.3) is 0 Å². The number of hydrogen-bond acceptors (Lipinski definition) is 4. The van der Waals surface area contributed by atoms with Crippen molar-refractivity contribution in [1.29, 1.82) is 0 Å². The van der Waals surface area contributed by atoms with Crippen LogP contribution in [0.4, 0.5) is 0 Å². The van der Waals surface area contributed by atoms with Gasteiger partial charge in [-0.2, -0.15) is 0 Å². The van der Waals surface area contributed by atoms with Crippen LogP contribution in [0.1, 0.15) is 40.7 Å². The summed E-state index contributed by atoms with van der Waals surface area (Å²) >= 11 is 1.50. The molecule has 1 aromatic heterocycles. The minimum Gasteiger partial charge on any atom is -0.466 e. The second kappa shape index (κ2) is 6.43. The van der Waals surface area contributed by atoms with Crippen molar-refractivity contribution in [2.45, 2.75) is 33.1 Å². The lowest BCUT2D eigenvalue weighted by Crippen LogP contribution is -2.05. The van der Waals surface area contributed by atoms with Crippen molar-refractivity contribution in [2.75, 3.05) is 6.61 Å². The molecule has 16 heavy (non-hydrogen) atoms. The number of aryl methyl sites for hydroxylation is 1. The third-order valence-electron chi connectivity index (χ3n) is 2.11. The average Bonchev–Trinajstić information content (AvgIpc) is 2.65. The van der Waals surface area contributed by atoms with Crippen molar-refractivity contribution in [2.24, 2.45) is 0 Å². The van der Waals surface area contributed by atoms with Gasteiger partial charge < -0.3 is 4.74 Å². The average molecular weight is 240 g/mol. The first-order valence-electron chi connectivity index (χ1n) is 5.38. The molecular weight excluding hydrogens is 224 g/mol. The number of carbonyl (C=O) groups is 2. The highest BCUT2D eigenvalue weighted by atomic mass is 32.1. The minimum atomic E-state index is -0.224. The zero-order chi connectivity index (χ0) is 12.0. The van der Waals surface area contributed by atoms with Crippen LogP contribution in [-0.4, -0.2) is 18.4 Å². The Morgan fingerprint density at radius 3 is 2.62 bits per heavy atom. The number of Topliss-reactive ketones (excluding diaryl/α,β-unsaturated/α-hetero) is 1. The molecule has 88 valence electrons. The predicted molar refractivity (Wildman–Crippen MR) is 63.9 cm³/mol. The van der Waals surface area contributed by atoms with E-state index in [-0.39, 0.29) is 11.8 Å². The van der Waals surface area contributed by atoms with Gasteiger partial charge in [0.2, 0.25) is 0 Å². The molecule has 4 heteroatoms. The summed E-state index contributed by atoms with van der Waals surface area (Å²) in [4.78, 5) is 24.6. The van der Waals surface area contributed by atoms with Crippen molar-refractivity contribution in [3.63, 3.8) is 0 Å². The zero-order valence-corrected chi connectivity index (χ0v) is 10.4. The molecule has 3 nitrogen and oxygen atoms in total. The summed E-state index contributed by atoms with van der Waals surface area (Å²) in [7, 11) is 0. The van der Waals surface area contributed by atoms with E-state index >= 15 is 0 Å². The summed E-state index contributed by atoms with van der Waals surface area (Å²) in [5, 5.41) is 0. The van der Waals surface area contributed by atoms with E-state index < -0.39 is 0 Å². The van der Waals surface area contributed by atoms with Crippen LogP contribution < -0.4 is 0 Å². The van der Waals surface area contributed by atoms with E-state index in [1.807, 2.05) is 19.1 Å². The molecule has 0 spiro atoms. The van der Waals surface area contributed by atoms with E-state index in [4.69, 9.17) is 4.74 Å². The maximum absolute atomic E-state index is 11.7. The number of hydrogen-bond donors (Lipinski definition) is 0. The monoisotopic (exact) mass is 240 g/mol. The Morgan fingerprint density at radius 2 is 2.06 bits per heavy atom. The Bertz CT molecular complexity index is 368. The molecule has 0 amide bonds.